The van der Waals surface area contributed by atoms with Gasteiger partial charge in [-0.25, -0.2) is 14.4 Å². The van der Waals surface area contributed by atoms with E-state index in [1.807, 2.05) is 19.4 Å². The number of halogens is 1. The van der Waals surface area contributed by atoms with E-state index in [9.17, 15) is 4.39 Å². The number of hydrogen-bond acceptors (Lipinski definition) is 7. The fourth-order valence-corrected chi connectivity index (χ4v) is 6.32. The predicted molar refractivity (Wildman–Crippen MR) is 130 cm³/mol. The summed E-state index contributed by atoms with van der Waals surface area (Å²) in [4.78, 5) is 11.4. The monoisotopic (exact) mass is 477 g/mol. The fraction of sp³-hybridized carbons (Fsp3) is 0.208. The van der Waals surface area contributed by atoms with Crippen LogP contribution in [0.3, 0.4) is 0 Å². The summed E-state index contributed by atoms with van der Waals surface area (Å²) in [6.45, 7) is 1.74. The average Bonchev–Trinajstić information content (AvgIpc) is 3.57. The number of aryl methyl sites for hydroxylation is 1. The van der Waals surface area contributed by atoms with Gasteiger partial charge in [-0.2, -0.15) is 5.10 Å². The van der Waals surface area contributed by atoms with Crippen LogP contribution in [-0.2, 0) is 20.0 Å². The Morgan fingerprint density at radius 1 is 1.18 bits per heavy atom. The highest BCUT2D eigenvalue weighted by atomic mass is 32.1. The first kappa shape index (κ1) is 20.5. The number of hydrogen-bond donors (Lipinski definition) is 1. The number of thiazole rings is 1. The van der Waals surface area contributed by atoms with Gasteiger partial charge in [-0.3, -0.25) is 4.68 Å². The third-order valence-electron chi connectivity index (χ3n) is 5.82. The summed E-state index contributed by atoms with van der Waals surface area (Å²) in [5.74, 6) is 0.139. The lowest BCUT2D eigenvalue weighted by atomic mass is 9.99. The standard InChI is InChI=1S/C24H20FN5OS2/c1-30-12-13(10-27-30)21-16-6-8-32-23(16)20(15-4-3-14(25)9-18(15)31-2)22(29-21)24-28-17-5-7-26-11-19(17)33-24/h3-4,6,8-10,12,26H,5,7,11H2,1-2H3. The Morgan fingerprint density at radius 2 is 2.09 bits per heavy atom. The SMILES string of the molecule is COc1cc(F)ccc1-c1c(-c2nc3c(s2)CNCC3)nc(-c2cnn(C)c2)c2ccsc12. The molecule has 0 bridgehead atoms. The molecule has 4 aromatic heterocycles. The molecule has 0 radical (unpaired) electrons. The van der Waals surface area contributed by atoms with Crippen LogP contribution in [-0.4, -0.2) is 33.4 Å². The highest BCUT2D eigenvalue weighted by Crippen LogP contribution is 2.47. The van der Waals surface area contributed by atoms with Gasteiger partial charge in [0, 0.05) is 70.5 Å². The number of nitrogens with zero attached hydrogens (tertiary/aromatic N) is 4. The van der Waals surface area contributed by atoms with Crippen LogP contribution in [0.5, 0.6) is 5.75 Å². The quantitative estimate of drug-likeness (QED) is 0.382. The molecular formula is C24H20FN5OS2. The van der Waals surface area contributed by atoms with E-state index >= 15 is 0 Å². The van der Waals surface area contributed by atoms with Crippen LogP contribution < -0.4 is 10.1 Å². The van der Waals surface area contributed by atoms with Crippen molar-refractivity contribution in [3.63, 3.8) is 0 Å². The smallest absolute Gasteiger partial charge is 0.143 e. The van der Waals surface area contributed by atoms with Crippen LogP contribution in [0.15, 0.2) is 42.0 Å². The van der Waals surface area contributed by atoms with Gasteiger partial charge < -0.3 is 10.1 Å². The van der Waals surface area contributed by atoms with Crippen LogP contribution in [0.2, 0.25) is 0 Å². The van der Waals surface area contributed by atoms with Crippen molar-refractivity contribution in [2.45, 2.75) is 13.0 Å². The van der Waals surface area contributed by atoms with E-state index in [0.29, 0.717) is 5.75 Å². The largest absolute Gasteiger partial charge is 0.496 e. The Balaban J connectivity index is 1.69. The van der Waals surface area contributed by atoms with Crippen molar-refractivity contribution in [1.82, 2.24) is 25.1 Å². The van der Waals surface area contributed by atoms with Crippen LogP contribution in [0.4, 0.5) is 4.39 Å². The maximum absolute atomic E-state index is 14.1. The lowest BCUT2D eigenvalue weighted by Crippen LogP contribution is -2.22. The number of aromatic nitrogens is 4. The van der Waals surface area contributed by atoms with Gasteiger partial charge in [0.2, 0.25) is 0 Å². The van der Waals surface area contributed by atoms with Gasteiger partial charge in [0.25, 0.3) is 0 Å². The van der Waals surface area contributed by atoms with Crippen LogP contribution >= 0.6 is 22.7 Å². The number of methoxy groups -OCH3 is 1. The highest BCUT2D eigenvalue weighted by molar-refractivity contribution is 7.18. The Bertz CT molecular complexity index is 1480. The Labute approximate surface area is 197 Å². The molecule has 1 aliphatic rings. The second-order valence-corrected chi connectivity index (χ2v) is 9.91. The zero-order valence-corrected chi connectivity index (χ0v) is 19.7. The third-order valence-corrected chi connectivity index (χ3v) is 7.86. The summed E-state index contributed by atoms with van der Waals surface area (Å²) in [5.41, 5.74) is 5.45. The molecule has 5 aromatic rings. The van der Waals surface area contributed by atoms with Gasteiger partial charge in [0.1, 0.15) is 22.3 Å². The van der Waals surface area contributed by atoms with Crippen molar-refractivity contribution in [2.75, 3.05) is 13.7 Å². The van der Waals surface area contributed by atoms with Gasteiger partial charge in [-0.15, -0.1) is 22.7 Å². The lowest BCUT2D eigenvalue weighted by molar-refractivity contribution is 0.413. The first-order valence-electron chi connectivity index (χ1n) is 10.6. The first-order chi connectivity index (χ1) is 16.1. The molecule has 0 saturated heterocycles. The van der Waals surface area contributed by atoms with Crippen molar-refractivity contribution in [1.29, 1.82) is 0 Å². The first-order valence-corrected chi connectivity index (χ1v) is 12.3. The number of rotatable bonds is 4. The molecule has 0 unspecified atom stereocenters. The topological polar surface area (TPSA) is 64.9 Å². The normalized spacial score (nSPS) is 13.4. The van der Waals surface area contributed by atoms with Crippen LogP contribution in [0.1, 0.15) is 10.6 Å². The molecule has 5 heterocycles. The molecule has 166 valence electrons. The van der Waals surface area contributed by atoms with Crippen molar-refractivity contribution < 1.29 is 9.13 Å². The van der Waals surface area contributed by atoms with Gasteiger partial charge >= 0.3 is 0 Å². The molecule has 1 N–H and O–H groups in total. The minimum atomic E-state index is -0.338. The molecule has 33 heavy (non-hydrogen) atoms. The van der Waals surface area contributed by atoms with Crippen LogP contribution in [0, 0.1) is 5.82 Å². The second kappa shape index (κ2) is 8.02. The van der Waals surface area contributed by atoms with Crippen molar-refractivity contribution in [3.8, 4) is 38.8 Å². The zero-order chi connectivity index (χ0) is 22.5. The van der Waals surface area contributed by atoms with Gasteiger partial charge in [-0.05, 0) is 23.6 Å². The summed E-state index contributed by atoms with van der Waals surface area (Å²) in [6.07, 6.45) is 4.70. The number of benzene rings is 1. The summed E-state index contributed by atoms with van der Waals surface area (Å²) < 4.78 is 22.5. The van der Waals surface area contributed by atoms with Crippen molar-refractivity contribution in [2.24, 2.45) is 7.05 Å². The number of nitrogens with one attached hydrogen (secondary N) is 1. The number of ether oxygens (including phenoxy) is 1. The summed E-state index contributed by atoms with van der Waals surface area (Å²) in [7, 11) is 3.46. The molecule has 6 rings (SSSR count). The maximum Gasteiger partial charge on any atom is 0.143 e. The van der Waals surface area contributed by atoms with E-state index in [-0.39, 0.29) is 5.82 Å². The molecule has 0 fully saturated rings. The number of pyridine rings is 1. The molecule has 0 aliphatic carbocycles. The van der Waals surface area contributed by atoms with E-state index in [0.717, 1.165) is 68.4 Å². The van der Waals surface area contributed by atoms with Crippen LogP contribution in [0.25, 0.3) is 43.2 Å². The average molecular weight is 478 g/mol. The summed E-state index contributed by atoms with van der Waals surface area (Å²) in [6, 6.07) is 6.74. The molecular weight excluding hydrogens is 457 g/mol. The minimum absolute atomic E-state index is 0.338. The lowest BCUT2D eigenvalue weighted by Gasteiger charge is -2.15. The summed E-state index contributed by atoms with van der Waals surface area (Å²) >= 11 is 3.31. The molecule has 9 heteroatoms. The maximum atomic E-state index is 14.1. The minimum Gasteiger partial charge on any atom is -0.496 e. The molecule has 0 saturated carbocycles. The van der Waals surface area contributed by atoms with Crippen molar-refractivity contribution in [3.05, 3.63) is 58.4 Å². The Kier molecular flexibility index (Phi) is 4.97. The third kappa shape index (κ3) is 3.43. The molecule has 1 aliphatic heterocycles. The van der Waals surface area contributed by atoms with Gasteiger partial charge in [-0.1, -0.05) is 0 Å². The van der Waals surface area contributed by atoms with E-state index in [2.05, 4.69) is 21.9 Å². The van der Waals surface area contributed by atoms with E-state index in [1.165, 1.54) is 17.0 Å². The molecule has 1 aromatic carbocycles. The highest BCUT2D eigenvalue weighted by Gasteiger charge is 2.25. The van der Waals surface area contributed by atoms with Crippen molar-refractivity contribution >= 4 is 32.8 Å². The predicted octanol–water partition coefficient (Wildman–Crippen LogP) is 5.28. The zero-order valence-electron chi connectivity index (χ0n) is 18.1. The van der Waals surface area contributed by atoms with E-state index in [1.54, 1.807) is 40.5 Å². The second-order valence-electron chi connectivity index (χ2n) is 7.91. The van der Waals surface area contributed by atoms with Gasteiger partial charge in [0.05, 0.1) is 24.7 Å². The molecule has 6 nitrogen and oxygen atoms in total. The van der Waals surface area contributed by atoms with E-state index in [4.69, 9.17) is 14.7 Å². The molecule has 0 spiro atoms. The summed E-state index contributed by atoms with van der Waals surface area (Å²) in [5, 5.41) is 11.7. The molecule has 0 atom stereocenters. The number of thiophene rings is 1. The fourth-order valence-electron chi connectivity index (χ4n) is 4.29. The van der Waals surface area contributed by atoms with Gasteiger partial charge in [0.15, 0.2) is 0 Å². The van der Waals surface area contributed by atoms with E-state index < -0.39 is 0 Å². The molecule has 0 amide bonds. The Morgan fingerprint density at radius 3 is 2.88 bits per heavy atom. The Hall–Kier alpha value is -3.14. The number of fused-ring (bicyclic) bond motifs is 2.